The van der Waals surface area contributed by atoms with Gasteiger partial charge in [-0.05, 0) is 26.0 Å². The number of hydrogen-bond donors (Lipinski definition) is 2. The predicted octanol–water partition coefficient (Wildman–Crippen LogP) is 0.706. The fourth-order valence-electron chi connectivity index (χ4n) is 1.42. The molecule has 112 valence electrons. The van der Waals surface area contributed by atoms with Gasteiger partial charge in [-0.3, -0.25) is 4.79 Å². The Bertz CT molecular complexity index is 584. The zero-order valence-corrected chi connectivity index (χ0v) is 12.4. The third-order valence-electron chi connectivity index (χ3n) is 2.30. The molecule has 8 heteroatoms. The highest BCUT2D eigenvalue weighted by atomic mass is 32.2. The first-order valence-corrected chi connectivity index (χ1v) is 7.41. The zero-order valence-electron chi connectivity index (χ0n) is 11.5. The van der Waals surface area contributed by atoms with Crippen molar-refractivity contribution in [2.24, 2.45) is 5.14 Å². The minimum absolute atomic E-state index is 0.0555. The fraction of sp³-hybridized carbons (Fsp3) is 0.417. The first-order valence-electron chi connectivity index (χ1n) is 5.86. The van der Waals surface area contributed by atoms with Crippen molar-refractivity contribution in [2.75, 3.05) is 19.0 Å². The molecular formula is C12H18N2O5S. The monoisotopic (exact) mass is 302 g/mol. The van der Waals surface area contributed by atoms with Gasteiger partial charge in [0.05, 0.1) is 13.2 Å². The molecule has 0 unspecified atom stereocenters. The molecular weight excluding hydrogens is 284 g/mol. The van der Waals surface area contributed by atoms with E-state index in [1.807, 2.05) is 13.8 Å². The van der Waals surface area contributed by atoms with Crippen molar-refractivity contribution in [1.82, 2.24) is 0 Å². The minimum atomic E-state index is -3.87. The Balaban J connectivity index is 2.86. The molecule has 1 rings (SSSR count). The summed E-state index contributed by atoms with van der Waals surface area (Å²) in [5, 5.41) is 7.62. The molecule has 0 aliphatic carbocycles. The van der Waals surface area contributed by atoms with Crippen molar-refractivity contribution in [3.05, 3.63) is 18.2 Å². The second kappa shape index (κ2) is 6.69. The van der Waals surface area contributed by atoms with Gasteiger partial charge in [0, 0.05) is 11.8 Å². The highest BCUT2D eigenvalue weighted by Crippen LogP contribution is 2.26. The third-order valence-corrected chi connectivity index (χ3v) is 3.25. The predicted molar refractivity (Wildman–Crippen MR) is 74.1 cm³/mol. The summed E-state index contributed by atoms with van der Waals surface area (Å²) in [6.45, 7) is 3.55. The van der Waals surface area contributed by atoms with Crippen molar-refractivity contribution in [3.8, 4) is 5.75 Å². The van der Waals surface area contributed by atoms with E-state index in [2.05, 4.69) is 5.32 Å². The number of ether oxygens (including phenoxy) is 2. The van der Waals surface area contributed by atoms with Crippen LogP contribution in [0.15, 0.2) is 23.1 Å². The minimum Gasteiger partial charge on any atom is -0.495 e. The van der Waals surface area contributed by atoms with Crippen molar-refractivity contribution in [2.45, 2.75) is 24.8 Å². The van der Waals surface area contributed by atoms with E-state index < -0.39 is 10.0 Å². The van der Waals surface area contributed by atoms with E-state index >= 15 is 0 Å². The van der Waals surface area contributed by atoms with Gasteiger partial charge < -0.3 is 14.8 Å². The molecule has 7 nitrogen and oxygen atoms in total. The Morgan fingerprint density at radius 3 is 2.55 bits per heavy atom. The molecule has 0 fully saturated rings. The maximum atomic E-state index is 11.6. The number of benzene rings is 1. The van der Waals surface area contributed by atoms with Gasteiger partial charge in [-0.15, -0.1) is 0 Å². The average molecular weight is 302 g/mol. The van der Waals surface area contributed by atoms with Crippen LogP contribution in [0.1, 0.15) is 13.8 Å². The van der Waals surface area contributed by atoms with E-state index in [1.54, 1.807) is 0 Å². The Morgan fingerprint density at radius 1 is 1.40 bits per heavy atom. The van der Waals surface area contributed by atoms with Crippen molar-refractivity contribution >= 4 is 21.6 Å². The number of hydrogen-bond acceptors (Lipinski definition) is 5. The summed E-state index contributed by atoms with van der Waals surface area (Å²) in [7, 11) is -2.56. The highest BCUT2D eigenvalue weighted by Gasteiger charge is 2.15. The van der Waals surface area contributed by atoms with Gasteiger partial charge in [0.15, 0.2) is 0 Å². The molecule has 20 heavy (non-hydrogen) atoms. The van der Waals surface area contributed by atoms with Gasteiger partial charge in [-0.25, -0.2) is 13.6 Å². The standard InChI is InChI=1S/C12H18N2O5S/c1-8(2)19-7-12(15)14-9-4-5-11(20(13,16)17)10(6-9)18-3/h4-6,8H,7H2,1-3H3,(H,14,15)(H2,13,16,17). The van der Waals surface area contributed by atoms with Crippen LogP contribution in [0.5, 0.6) is 5.75 Å². The van der Waals surface area contributed by atoms with Crippen molar-refractivity contribution in [1.29, 1.82) is 0 Å². The van der Waals surface area contributed by atoms with Crippen LogP contribution in [0.3, 0.4) is 0 Å². The first-order chi connectivity index (χ1) is 9.24. The van der Waals surface area contributed by atoms with E-state index in [-0.39, 0.29) is 29.3 Å². The van der Waals surface area contributed by atoms with E-state index in [0.29, 0.717) is 5.69 Å². The van der Waals surface area contributed by atoms with Crippen LogP contribution < -0.4 is 15.2 Å². The smallest absolute Gasteiger partial charge is 0.250 e. The average Bonchev–Trinajstić information content (AvgIpc) is 2.34. The largest absolute Gasteiger partial charge is 0.495 e. The molecule has 0 aromatic heterocycles. The highest BCUT2D eigenvalue weighted by molar-refractivity contribution is 7.89. The molecule has 0 heterocycles. The lowest BCUT2D eigenvalue weighted by Crippen LogP contribution is -2.21. The number of amides is 1. The number of nitrogens with two attached hydrogens (primary N) is 1. The van der Waals surface area contributed by atoms with Gasteiger partial charge in [-0.2, -0.15) is 0 Å². The molecule has 0 saturated heterocycles. The number of primary sulfonamides is 1. The summed E-state index contributed by atoms with van der Waals surface area (Å²) < 4.78 is 32.7. The lowest BCUT2D eigenvalue weighted by molar-refractivity contribution is -0.121. The van der Waals surface area contributed by atoms with Gasteiger partial charge in [0.2, 0.25) is 15.9 Å². The lowest BCUT2D eigenvalue weighted by atomic mass is 10.3. The van der Waals surface area contributed by atoms with Crippen LogP contribution in [0.2, 0.25) is 0 Å². The second-order valence-corrected chi connectivity index (χ2v) is 5.85. The molecule has 0 aliphatic heterocycles. The number of sulfonamides is 1. The number of carbonyl (C=O) groups excluding carboxylic acids is 1. The van der Waals surface area contributed by atoms with Crippen LogP contribution in [-0.4, -0.2) is 34.1 Å². The number of rotatable bonds is 6. The normalized spacial score (nSPS) is 11.4. The van der Waals surface area contributed by atoms with Gasteiger partial charge >= 0.3 is 0 Å². The molecule has 0 spiro atoms. The second-order valence-electron chi connectivity index (χ2n) is 4.32. The fourth-order valence-corrected chi connectivity index (χ4v) is 2.10. The molecule has 0 saturated carbocycles. The lowest BCUT2D eigenvalue weighted by Gasteiger charge is -2.11. The number of anilines is 1. The van der Waals surface area contributed by atoms with Crippen LogP contribution in [0.25, 0.3) is 0 Å². The Morgan fingerprint density at radius 2 is 2.05 bits per heavy atom. The van der Waals surface area contributed by atoms with Crippen LogP contribution in [-0.2, 0) is 19.6 Å². The Hall–Kier alpha value is -1.64. The van der Waals surface area contributed by atoms with Crippen LogP contribution >= 0.6 is 0 Å². The van der Waals surface area contributed by atoms with Gasteiger partial charge in [0.25, 0.3) is 0 Å². The van der Waals surface area contributed by atoms with Crippen molar-refractivity contribution < 1.29 is 22.7 Å². The third kappa shape index (κ3) is 4.80. The topological polar surface area (TPSA) is 108 Å². The molecule has 0 aliphatic rings. The van der Waals surface area contributed by atoms with Crippen LogP contribution in [0.4, 0.5) is 5.69 Å². The van der Waals surface area contributed by atoms with E-state index in [9.17, 15) is 13.2 Å². The summed E-state index contributed by atoms with van der Waals surface area (Å²) >= 11 is 0. The molecule has 0 atom stereocenters. The summed E-state index contributed by atoms with van der Waals surface area (Å²) in [6, 6.07) is 4.08. The number of carbonyl (C=O) groups is 1. The first kappa shape index (κ1) is 16.4. The Kier molecular flexibility index (Phi) is 5.49. The number of methoxy groups -OCH3 is 1. The Labute approximate surface area is 118 Å². The maximum absolute atomic E-state index is 11.6. The zero-order chi connectivity index (χ0) is 15.3. The van der Waals surface area contributed by atoms with Gasteiger partial charge in [-0.1, -0.05) is 0 Å². The molecule has 3 N–H and O–H groups in total. The molecule has 0 radical (unpaired) electrons. The summed E-state index contributed by atoms with van der Waals surface area (Å²) in [5.74, 6) is -0.279. The number of nitrogens with one attached hydrogen (secondary N) is 1. The maximum Gasteiger partial charge on any atom is 0.250 e. The SMILES string of the molecule is COc1cc(NC(=O)COC(C)C)ccc1S(N)(=O)=O. The summed E-state index contributed by atoms with van der Waals surface area (Å²) in [6.07, 6.45) is -0.0555. The van der Waals surface area contributed by atoms with Crippen LogP contribution in [0, 0.1) is 0 Å². The summed E-state index contributed by atoms with van der Waals surface area (Å²) in [5.41, 5.74) is 0.395. The van der Waals surface area contributed by atoms with Crippen molar-refractivity contribution in [3.63, 3.8) is 0 Å². The summed E-state index contributed by atoms with van der Waals surface area (Å²) in [4.78, 5) is 11.4. The molecule has 1 aromatic carbocycles. The molecule has 1 aromatic rings. The van der Waals surface area contributed by atoms with E-state index in [0.717, 1.165) is 0 Å². The molecule has 0 bridgehead atoms. The van der Waals surface area contributed by atoms with E-state index in [4.69, 9.17) is 14.6 Å². The quantitative estimate of drug-likeness (QED) is 0.804. The molecule has 1 amide bonds. The van der Waals surface area contributed by atoms with E-state index in [1.165, 1.54) is 25.3 Å². The van der Waals surface area contributed by atoms with Gasteiger partial charge in [0.1, 0.15) is 17.3 Å².